The smallest absolute Gasteiger partial charge is 0.261 e. The molecule has 0 spiro atoms. The maximum atomic E-state index is 12.5. The van der Waals surface area contributed by atoms with Crippen LogP contribution in [-0.2, 0) is 4.79 Å². The van der Waals surface area contributed by atoms with Gasteiger partial charge in [0.2, 0.25) is 0 Å². The molecular weight excluding hydrogens is 298 g/mol. The first-order valence-corrected chi connectivity index (χ1v) is 8.15. The molecule has 1 aromatic carbocycles. The van der Waals surface area contributed by atoms with Crippen LogP contribution in [0.1, 0.15) is 53.3 Å². The Morgan fingerprint density at radius 2 is 1.59 bits per heavy atom. The lowest BCUT2D eigenvalue weighted by Gasteiger charge is -2.35. The van der Waals surface area contributed by atoms with Gasteiger partial charge in [0.15, 0.2) is 5.12 Å². The van der Waals surface area contributed by atoms with E-state index in [1.165, 1.54) is 4.90 Å². The van der Waals surface area contributed by atoms with E-state index in [-0.39, 0.29) is 28.9 Å². The quantitative estimate of drug-likeness (QED) is 0.689. The minimum Gasteiger partial charge on any atom is -0.287 e. The van der Waals surface area contributed by atoms with Crippen molar-refractivity contribution < 1.29 is 14.4 Å². The van der Waals surface area contributed by atoms with Gasteiger partial charge in [-0.05, 0) is 43.7 Å². The standard InChI is InChI=1S/C17H19NO3S/c1-10(17(21)22)11-6-8-12(9-7-11)18-15(19)13-4-2-3-5-14(13)16(18)20/h2-5,10-12H,6-9H2,1H3,(H,21,22)/t10-,11?,12?/m0/s1. The van der Waals surface area contributed by atoms with Gasteiger partial charge in [0.25, 0.3) is 11.8 Å². The molecule has 0 N–H and O–H groups in total. The summed E-state index contributed by atoms with van der Waals surface area (Å²) in [5.74, 6) is -0.118. The van der Waals surface area contributed by atoms with E-state index in [0.717, 1.165) is 25.7 Å². The number of rotatable bonds is 3. The lowest BCUT2D eigenvalue weighted by molar-refractivity contribution is -0.115. The number of nitrogens with zero attached hydrogens (tertiary/aromatic N) is 1. The van der Waals surface area contributed by atoms with Crippen molar-refractivity contribution in [2.75, 3.05) is 0 Å². The molecule has 22 heavy (non-hydrogen) atoms. The lowest BCUT2D eigenvalue weighted by atomic mass is 9.79. The normalized spacial score (nSPS) is 26.0. The van der Waals surface area contributed by atoms with E-state index >= 15 is 0 Å². The predicted molar refractivity (Wildman–Crippen MR) is 85.8 cm³/mol. The Morgan fingerprint density at radius 3 is 2.05 bits per heavy atom. The third-order valence-corrected chi connectivity index (χ3v) is 5.44. The molecule has 0 unspecified atom stereocenters. The first kappa shape index (κ1) is 15.3. The molecule has 1 atom stereocenters. The average molecular weight is 317 g/mol. The van der Waals surface area contributed by atoms with Crippen molar-refractivity contribution in [3.05, 3.63) is 35.4 Å². The number of benzene rings is 1. The zero-order valence-electron chi connectivity index (χ0n) is 12.5. The van der Waals surface area contributed by atoms with Crippen LogP contribution in [0, 0.1) is 11.8 Å². The Hall–Kier alpha value is -1.62. The molecule has 1 aromatic rings. The SMILES string of the molecule is C[C@H](C(=O)S)C1CCC(N2C(=O)c3ccccc3C2=O)CC1. The van der Waals surface area contributed by atoms with Gasteiger partial charge in [-0.25, -0.2) is 0 Å². The zero-order chi connectivity index (χ0) is 15.9. The van der Waals surface area contributed by atoms with Crippen LogP contribution in [0.5, 0.6) is 0 Å². The van der Waals surface area contributed by atoms with Crippen molar-refractivity contribution in [3.63, 3.8) is 0 Å². The van der Waals surface area contributed by atoms with Crippen LogP contribution in [0.25, 0.3) is 0 Å². The molecular formula is C17H19NO3S. The summed E-state index contributed by atoms with van der Waals surface area (Å²) < 4.78 is 0. The third kappa shape index (κ3) is 2.47. The van der Waals surface area contributed by atoms with Crippen LogP contribution in [0.4, 0.5) is 0 Å². The highest BCUT2D eigenvalue weighted by Gasteiger charge is 2.41. The Bertz CT molecular complexity index is 600. The molecule has 1 aliphatic carbocycles. The summed E-state index contributed by atoms with van der Waals surface area (Å²) >= 11 is 3.92. The molecule has 2 aliphatic rings. The highest BCUT2D eigenvalue weighted by atomic mass is 32.1. The highest BCUT2D eigenvalue weighted by molar-refractivity contribution is 7.96. The number of fused-ring (bicyclic) bond motifs is 1. The molecule has 1 heterocycles. The van der Waals surface area contributed by atoms with Gasteiger partial charge in [-0.3, -0.25) is 19.3 Å². The largest absolute Gasteiger partial charge is 0.287 e. The Labute approximate surface area is 135 Å². The van der Waals surface area contributed by atoms with Crippen LogP contribution < -0.4 is 0 Å². The summed E-state index contributed by atoms with van der Waals surface area (Å²) in [5, 5.41) is -0.0795. The summed E-state index contributed by atoms with van der Waals surface area (Å²) in [6, 6.07) is 6.94. The van der Waals surface area contributed by atoms with Gasteiger partial charge in [0, 0.05) is 12.0 Å². The van der Waals surface area contributed by atoms with Gasteiger partial charge in [0.05, 0.1) is 11.1 Å². The fourth-order valence-corrected chi connectivity index (χ4v) is 3.81. The second kappa shape index (κ2) is 5.88. The number of hydrogen-bond donors (Lipinski definition) is 1. The van der Waals surface area contributed by atoms with Crippen LogP contribution in [0.2, 0.25) is 0 Å². The second-order valence-electron chi connectivity index (χ2n) is 6.22. The molecule has 0 saturated heterocycles. The van der Waals surface area contributed by atoms with Crippen molar-refractivity contribution in [2.24, 2.45) is 11.8 Å². The molecule has 5 heteroatoms. The number of carbonyl (C=O) groups excluding carboxylic acids is 3. The summed E-state index contributed by atoms with van der Waals surface area (Å²) in [5.41, 5.74) is 1.02. The molecule has 1 aliphatic heterocycles. The third-order valence-electron chi connectivity index (χ3n) is 5.03. The van der Waals surface area contributed by atoms with Gasteiger partial charge in [-0.15, -0.1) is 12.6 Å². The van der Waals surface area contributed by atoms with Gasteiger partial charge < -0.3 is 0 Å². The molecule has 0 radical (unpaired) electrons. The summed E-state index contributed by atoms with van der Waals surface area (Å²) in [7, 11) is 0. The zero-order valence-corrected chi connectivity index (χ0v) is 13.4. The molecule has 1 saturated carbocycles. The van der Waals surface area contributed by atoms with Crippen LogP contribution in [-0.4, -0.2) is 27.9 Å². The maximum absolute atomic E-state index is 12.5. The number of amides is 2. The summed E-state index contributed by atoms with van der Waals surface area (Å²) in [6.07, 6.45) is 3.24. The fraction of sp³-hybridized carbons (Fsp3) is 0.471. The van der Waals surface area contributed by atoms with Gasteiger partial charge >= 0.3 is 0 Å². The van der Waals surface area contributed by atoms with E-state index in [4.69, 9.17) is 0 Å². The van der Waals surface area contributed by atoms with E-state index in [1.807, 2.05) is 6.92 Å². The second-order valence-corrected chi connectivity index (χ2v) is 6.66. The Morgan fingerprint density at radius 1 is 1.09 bits per heavy atom. The number of thiol groups is 1. The summed E-state index contributed by atoms with van der Waals surface area (Å²) in [6.45, 7) is 1.91. The van der Waals surface area contributed by atoms with Gasteiger partial charge in [-0.2, -0.15) is 0 Å². The minimum absolute atomic E-state index is 0.0501. The Kier molecular flexibility index (Phi) is 4.08. The topological polar surface area (TPSA) is 54.5 Å². The Balaban J connectivity index is 1.72. The predicted octanol–water partition coefficient (Wildman–Crippen LogP) is 2.93. The van der Waals surface area contributed by atoms with E-state index in [9.17, 15) is 14.4 Å². The van der Waals surface area contributed by atoms with Crippen LogP contribution in [0.15, 0.2) is 24.3 Å². The van der Waals surface area contributed by atoms with Gasteiger partial charge in [0.1, 0.15) is 0 Å². The maximum Gasteiger partial charge on any atom is 0.261 e. The van der Waals surface area contributed by atoms with Crippen molar-refractivity contribution in [1.29, 1.82) is 0 Å². The van der Waals surface area contributed by atoms with Gasteiger partial charge in [-0.1, -0.05) is 19.1 Å². The fourth-order valence-electron chi connectivity index (χ4n) is 3.60. The van der Waals surface area contributed by atoms with E-state index in [2.05, 4.69) is 12.6 Å². The first-order valence-electron chi connectivity index (χ1n) is 7.70. The molecule has 3 rings (SSSR count). The highest BCUT2D eigenvalue weighted by Crippen LogP contribution is 2.36. The van der Waals surface area contributed by atoms with Crippen molar-refractivity contribution in [1.82, 2.24) is 4.90 Å². The summed E-state index contributed by atoms with van der Waals surface area (Å²) in [4.78, 5) is 37.7. The molecule has 116 valence electrons. The minimum atomic E-state index is -0.178. The van der Waals surface area contributed by atoms with Crippen molar-refractivity contribution >= 4 is 29.6 Å². The molecule has 4 nitrogen and oxygen atoms in total. The first-order chi connectivity index (χ1) is 10.5. The lowest BCUT2D eigenvalue weighted by Crippen LogP contribution is -2.42. The number of carbonyl (C=O) groups is 3. The van der Waals surface area contributed by atoms with E-state index < -0.39 is 0 Å². The molecule has 1 fully saturated rings. The van der Waals surface area contributed by atoms with Crippen molar-refractivity contribution in [3.8, 4) is 0 Å². The number of imide groups is 1. The van der Waals surface area contributed by atoms with Crippen LogP contribution >= 0.6 is 12.6 Å². The van der Waals surface area contributed by atoms with Crippen LogP contribution in [0.3, 0.4) is 0 Å². The average Bonchev–Trinajstić information content (AvgIpc) is 2.79. The van der Waals surface area contributed by atoms with E-state index in [1.54, 1.807) is 24.3 Å². The van der Waals surface area contributed by atoms with Crippen molar-refractivity contribution in [2.45, 2.75) is 38.6 Å². The van der Waals surface area contributed by atoms with E-state index in [0.29, 0.717) is 17.0 Å². The molecule has 2 amide bonds. The monoisotopic (exact) mass is 317 g/mol. The molecule has 0 aromatic heterocycles. The molecule has 0 bridgehead atoms. The number of hydrogen-bond acceptors (Lipinski definition) is 3.